The lowest BCUT2D eigenvalue weighted by Crippen LogP contribution is -2.08. The fraction of sp³-hybridized carbons (Fsp3) is 0.143. The molecule has 0 radical (unpaired) electrons. The molecule has 74 valence electrons. The molecule has 0 aliphatic rings. The lowest BCUT2D eigenvalue weighted by Gasteiger charge is -2.03. The Morgan fingerprint density at radius 3 is 2.57 bits per heavy atom. The first-order valence-corrected chi connectivity index (χ1v) is 3.89. The van der Waals surface area contributed by atoms with Gasteiger partial charge in [-0.15, -0.1) is 0 Å². The van der Waals surface area contributed by atoms with Gasteiger partial charge in [-0.25, -0.2) is 0 Å². The highest BCUT2D eigenvalue weighted by atomic mass is 35.5. The second-order valence-corrected chi connectivity index (χ2v) is 2.91. The summed E-state index contributed by atoms with van der Waals surface area (Å²) in [6.07, 6.45) is -4.55. The van der Waals surface area contributed by atoms with Gasteiger partial charge in [0.05, 0.1) is 11.0 Å². The number of alkyl halides is 3. The molecular weight excluding hydrogens is 219 g/mol. The van der Waals surface area contributed by atoms with Crippen LogP contribution < -0.4 is 4.98 Å². The van der Waals surface area contributed by atoms with Crippen LogP contribution in [0, 0.1) is 0 Å². The van der Waals surface area contributed by atoms with Crippen molar-refractivity contribution in [3.8, 4) is 0 Å². The molecule has 0 saturated heterocycles. The molecule has 0 amide bonds. The smallest absolute Gasteiger partial charge is 0.356 e. The lowest BCUT2D eigenvalue weighted by atomic mass is 10.4. The number of nitrogens with zero attached hydrogens (tertiary/aromatic N) is 3. The largest absolute Gasteiger partial charge is 0.421 e. The molecule has 0 spiro atoms. The van der Waals surface area contributed by atoms with E-state index < -0.39 is 12.0 Å². The van der Waals surface area contributed by atoms with Crippen LogP contribution in [0.15, 0.2) is 12.1 Å². The predicted octanol–water partition coefficient (Wildman–Crippen LogP) is 2.26. The molecule has 2 heterocycles. The average Bonchev–Trinajstić information content (AvgIpc) is 2.45. The third kappa shape index (κ3) is 1.52. The average molecular weight is 221 g/mol. The van der Waals surface area contributed by atoms with E-state index >= 15 is 0 Å². The van der Waals surface area contributed by atoms with Crippen LogP contribution in [0.2, 0.25) is 5.15 Å². The number of imidazole rings is 1. The Balaban J connectivity index is 2.63. The summed E-state index contributed by atoms with van der Waals surface area (Å²) in [6, 6.07) is 2.70. The summed E-state index contributed by atoms with van der Waals surface area (Å²) < 4.78 is 36.4. The van der Waals surface area contributed by atoms with Gasteiger partial charge in [0, 0.05) is 11.2 Å². The van der Waals surface area contributed by atoms with Crippen molar-refractivity contribution in [2.45, 2.75) is 6.18 Å². The van der Waals surface area contributed by atoms with Crippen LogP contribution in [-0.2, 0) is 6.18 Å². The zero-order valence-electron chi connectivity index (χ0n) is 6.51. The van der Waals surface area contributed by atoms with E-state index in [-0.39, 0.29) is 16.3 Å². The van der Waals surface area contributed by atoms with Crippen LogP contribution in [0.4, 0.5) is 13.2 Å². The van der Waals surface area contributed by atoms with Gasteiger partial charge < -0.3 is 15.0 Å². The van der Waals surface area contributed by atoms with Crippen molar-refractivity contribution in [1.82, 2.24) is 15.0 Å². The van der Waals surface area contributed by atoms with Crippen LogP contribution in [0.3, 0.4) is 0 Å². The van der Waals surface area contributed by atoms with Gasteiger partial charge in [-0.1, -0.05) is 11.6 Å². The third-order valence-corrected chi connectivity index (χ3v) is 1.72. The van der Waals surface area contributed by atoms with Gasteiger partial charge in [0.15, 0.2) is 0 Å². The summed E-state index contributed by atoms with van der Waals surface area (Å²) in [5.74, 6) is -1.19. The van der Waals surface area contributed by atoms with E-state index in [4.69, 9.17) is 11.6 Å². The Bertz CT molecular complexity index is 476. The molecule has 0 saturated carbocycles. The fourth-order valence-electron chi connectivity index (χ4n) is 0.954. The predicted molar refractivity (Wildman–Crippen MR) is 42.9 cm³/mol. The Kier molecular flexibility index (Phi) is 1.88. The Hall–Kier alpha value is -1.30. The number of hydrogen-bond acceptors (Lipinski definition) is 2. The van der Waals surface area contributed by atoms with Gasteiger partial charge in [-0.05, 0) is 12.1 Å². The first-order chi connectivity index (χ1) is 6.47. The lowest BCUT2D eigenvalue weighted by molar-refractivity contribution is -0.144. The zero-order chi connectivity index (χ0) is 10.3. The van der Waals surface area contributed by atoms with Crippen LogP contribution in [0.25, 0.3) is 11.2 Å². The van der Waals surface area contributed by atoms with Gasteiger partial charge in [0.25, 0.3) is 0 Å². The molecule has 2 aromatic heterocycles. The van der Waals surface area contributed by atoms with Crippen molar-refractivity contribution in [2.75, 3.05) is 0 Å². The number of halogens is 4. The minimum Gasteiger partial charge on any atom is -0.356 e. The maximum absolute atomic E-state index is 12.1. The number of pyridine rings is 1. The SMILES string of the molecule is FC(F)(F)c1nc2ccc(Cl)nc2[n-]1. The van der Waals surface area contributed by atoms with Gasteiger partial charge in [0.1, 0.15) is 0 Å². The highest BCUT2D eigenvalue weighted by Crippen LogP contribution is 2.27. The van der Waals surface area contributed by atoms with Gasteiger partial charge in [-0.2, -0.15) is 13.2 Å². The molecule has 0 aliphatic heterocycles. The summed E-state index contributed by atoms with van der Waals surface area (Å²) in [5, 5.41) is 0.0890. The van der Waals surface area contributed by atoms with E-state index in [9.17, 15) is 13.2 Å². The molecule has 7 heteroatoms. The summed E-state index contributed by atoms with van der Waals surface area (Å²) in [6.45, 7) is 0. The van der Waals surface area contributed by atoms with Crippen LogP contribution in [-0.4, -0.2) is 9.97 Å². The summed E-state index contributed by atoms with van der Waals surface area (Å²) >= 11 is 5.48. The monoisotopic (exact) mass is 220 g/mol. The zero-order valence-corrected chi connectivity index (χ0v) is 7.26. The molecular formula is C7H2ClF3N3-. The number of aromatic nitrogens is 3. The molecule has 2 aromatic rings. The van der Waals surface area contributed by atoms with Crippen molar-refractivity contribution >= 4 is 22.8 Å². The fourth-order valence-corrected chi connectivity index (χ4v) is 1.10. The van der Waals surface area contributed by atoms with Gasteiger partial charge >= 0.3 is 6.18 Å². The molecule has 0 aliphatic carbocycles. The molecule has 0 unspecified atom stereocenters. The quantitative estimate of drug-likeness (QED) is 0.640. The first-order valence-electron chi connectivity index (χ1n) is 3.51. The molecule has 0 fully saturated rings. The van der Waals surface area contributed by atoms with E-state index in [1.165, 1.54) is 12.1 Å². The van der Waals surface area contributed by atoms with Gasteiger partial charge in [0.2, 0.25) is 0 Å². The summed E-state index contributed by atoms with van der Waals surface area (Å²) in [5.41, 5.74) is -0.00782. The van der Waals surface area contributed by atoms with Crippen LogP contribution in [0.5, 0.6) is 0 Å². The van der Waals surface area contributed by atoms with E-state index in [0.717, 1.165) is 0 Å². The highest BCUT2D eigenvalue weighted by Gasteiger charge is 2.29. The number of hydrogen-bond donors (Lipinski definition) is 0. The molecule has 0 aromatic carbocycles. The first kappa shape index (κ1) is 9.26. The third-order valence-electron chi connectivity index (χ3n) is 1.51. The number of fused-ring (bicyclic) bond motifs is 1. The molecule has 0 atom stereocenters. The molecule has 3 nitrogen and oxygen atoms in total. The molecule has 2 rings (SSSR count). The summed E-state index contributed by atoms with van der Waals surface area (Å²) in [7, 11) is 0. The standard InChI is InChI=1S/C7H2ClF3N3/c8-4-2-1-3-5(13-4)14-6(12-3)7(9,10)11/h1-2H/q-1. The van der Waals surface area contributed by atoms with Crippen LogP contribution in [0.1, 0.15) is 5.82 Å². The Labute approximate surface area is 80.9 Å². The number of rotatable bonds is 0. The maximum Gasteiger partial charge on any atom is 0.421 e. The highest BCUT2D eigenvalue weighted by molar-refractivity contribution is 6.29. The normalized spacial score (nSPS) is 12.3. The van der Waals surface area contributed by atoms with Crippen LogP contribution >= 0.6 is 11.6 Å². The molecule has 14 heavy (non-hydrogen) atoms. The minimum absolute atomic E-state index is 0.0849. The second-order valence-electron chi connectivity index (χ2n) is 2.52. The van der Waals surface area contributed by atoms with E-state index in [2.05, 4.69) is 15.0 Å². The van der Waals surface area contributed by atoms with Crippen molar-refractivity contribution in [3.63, 3.8) is 0 Å². The summed E-state index contributed by atoms with van der Waals surface area (Å²) in [4.78, 5) is 10.1. The van der Waals surface area contributed by atoms with E-state index in [0.29, 0.717) is 0 Å². The Morgan fingerprint density at radius 1 is 1.21 bits per heavy atom. The van der Waals surface area contributed by atoms with Crippen molar-refractivity contribution in [1.29, 1.82) is 0 Å². The maximum atomic E-state index is 12.1. The topological polar surface area (TPSA) is 39.9 Å². The van der Waals surface area contributed by atoms with E-state index in [1.54, 1.807) is 0 Å². The van der Waals surface area contributed by atoms with Crippen molar-refractivity contribution in [3.05, 3.63) is 23.1 Å². The second kappa shape index (κ2) is 2.84. The van der Waals surface area contributed by atoms with Gasteiger partial charge in [-0.3, -0.25) is 0 Å². The van der Waals surface area contributed by atoms with Crippen molar-refractivity contribution in [2.24, 2.45) is 0 Å². The Morgan fingerprint density at radius 2 is 1.93 bits per heavy atom. The van der Waals surface area contributed by atoms with Crippen molar-refractivity contribution < 1.29 is 13.2 Å². The minimum atomic E-state index is -4.55. The molecule has 0 bridgehead atoms. The van der Waals surface area contributed by atoms with E-state index in [1.807, 2.05) is 0 Å². The molecule has 0 N–H and O–H groups in total.